The zero-order valence-electron chi connectivity index (χ0n) is 10.7. The van der Waals surface area contributed by atoms with E-state index in [-0.39, 0.29) is 24.1 Å². The summed E-state index contributed by atoms with van der Waals surface area (Å²) in [6.07, 6.45) is 1.40. The fraction of sp³-hybridized carbons (Fsp3) is 0.308. The van der Waals surface area contributed by atoms with Gasteiger partial charge in [-0.15, -0.1) is 0 Å². The molecule has 0 radical (unpaired) electrons. The SMILES string of the molecule is CC(C)NC(=O)Cn1cnc2ccc(Br)cc2c1=O. The van der Waals surface area contributed by atoms with Crippen LogP contribution in [0.4, 0.5) is 0 Å². The minimum atomic E-state index is -0.217. The van der Waals surface area contributed by atoms with Crippen LogP contribution in [0, 0.1) is 0 Å². The van der Waals surface area contributed by atoms with Crippen molar-refractivity contribution >= 4 is 32.7 Å². The number of aromatic nitrogens is 2. The van der Waals surface area contributed by atoms with Crippen molar-refractivity contribution in [1.29, 1.82) is 0 Å². The molecule has 0 unspecified atom stereocenters. The zero-order chi connectivity index (χ0) is 14.0. The topological polar surface area (TPSA) is 64.0 Å². The van der Waals surface area contributed by atoms with Gasteiger partial charge in [0.1, 0.15) is 6.54 Å². The lowest BCUT2D eigenvalue weighted by molar-refractivity contribution is -0.122. The number of hydrogen-bond donors (Lipinski definition) is 1. The predicted molar refractivity (Wildman–Crippen MR) is 77.0 cm³/mol. The lowest BCUT2D eigenvalue weighted by Gasteiger charge is -2.10. The molecule has 0 aliphatic heterocycles. The van der Waals surface area contributed by atoms with Crippen LogP contribution in [0.1, 0.15) is 13.8 Å². The zero-order valence-corrected chi connectivity index (χ0v) is 12.3. The molecule has 1 heterocycles. The molecular weight excluding hydrogens is 310 g/mol. The standard InChI is InChI=1S/C13H14BrN3O2/c1-8(2)16-12(18)6-17-7-15-11-4-3-9(14)5-10(11)13(17)19/h3-5,7-8H,6H2,1-2H3,(H,16,18). The maximum atomic E-state index is 12.2. The van der Waals surface area contributed by atoms with Gasteiger partial charge in [-0.05, 0) is 32.0 Å². The van der Waals surface area contributed by atoms with Crippen molar-refractivity contribution in [3.8, 4) is 0 Å². The van der Waals surface area contributed by atoms with Crippen LogP contribution in [-0.4, -0.2) is 21.5 Å². The van der Waals surface area contributed by atoms with Gasteiger partial charge in [0.25, 0.3) is 5.56 Å². The summed E-state index contributed by atoms with van der Waals surface area (Å²) in [6, 6.07) is 5.34. The second-order valence-electron chi connectivity index (χ2n) is 4.56. The second kappa shape index (κ2) is 5.52. The fourth-order valence-electron chi connectivity index (χ4n) is 1.77. The Balaban J connectivity index is 2.37. The van der Waals surface area contributed by atoms with Gasteiger partial charge in [0.15, 0.2) is 0 Å². The molecule has 0 aliphatic rings. The summed E-state index contributed by atoms with van der Waals surface area (Å²) in [5, 5.41) is 3.24. The molecule has 5 nitrogen and oxygen atoms in total. The molecule has 2 rings (SSSR count). The molecule has 1 amide bonds. The molecule has 0 saturated heterocycles. The van der Waals surface area contributed by atoms with Crippen LogP contribution in [0.15, 0.2) is 33.8 Å². The normalized spacial score (nSPS) is 10.9. The molecule has 0 bridgehead atoms. The number of carbonyl (C=O) groups is 1. The van der Waals surface area contributed by atoms with E-state index < -0.39 is 0 Å². The third kappa shape index (κ3) is 3.20. The molecule has 1 aromatic heterocycles. The highest BCUT2D eigenvalue weighted by Crippen LogP contribution is 2.14. The maximum absolute atomic E-state index is 12.2. The summed E-state index contributed by atoms with van der Waals surface area (Å²) < 4.78 is 2.12. The molecule has 1 N–H and O–H groups in total. The van der Waals surface area contributed by atoms with E-state index in [9.17, 15) is 9.59 Å². The first kappa shape index (κ1) is 13.7. The second-order valence-corrected chi connectivity index (χ2v) is 5.48. The fourth-order valence-corrected chi connectivity index (χ4v) is 2.13. The highest BCUT2D eigenvalue weighted by Gasteiger charge is 2.09. The van der Waals surface area contributed by atoms with Crippen molar-refractivity contribution in [2.45, 2.75) is 26.4 Å². The number of benzene rings is 1. The molecular formula is C13H14BrN3O2. The Kier molecular flexibility index (Phi) is 3.99. The third-order valence-corrected chi connectivity index (χ3v) is 3.04. The summed E-state index contributed by atoms with van der Waals surface area (Å²) in [5.41, 5.74) is 0.402. The van der Waals surface area contributed by atoms with Crippen molar-refractivity contribution in [2.24, 2.45) is 0 Å². The average Bonchev–Trinajstić information content (AvgIpc) is 2.32. The molecule has 2 aromatic rings. The number of nitrogens with one attached hydrogen (secondary N) is 1. The van der Waals surface area contributed by atoms with Gasteiger partial charge in [0.05, 0.1) is 17.2 Å². The molecule has 0 fully saturated rings. The van der Waals surface area contributed by atoms with E-state index >= 15 is 0 Å². The highest BCUT2D eigenvalue weighted by molar-refractivity contribution is 9.10. The quantitative estimate of drug-likeness (QED) is 0.934. The van der Waals surface area contributed by atoms with Gasteiger partial charge in [-0.2, -0.15) is 0 Å². The molecule has 0 aliphatic carbocycles. The predicted octanol–water partition coefficient (Wildman–Crippen LogP) is 1.68. The van der Waals surface area contributed by atoms with Crippen LogP contribution in [0.5, 0.6) is 0 Å². The van der Waals surface area contributed by atoms with Gasteiger partial charge < -0.3 is 5.32 Å². The van der Waals surface area contributed by atoms with Crippen molar-refractivity contribution in [3.05, 3.63) is 39.4 Å². The number of nitrogens with zero attached hydrogens (tertiary/aromatic N) is 2. The third-order valence-electron chi connectivity index (χ3n) is 2.55. The largest absolute Gasteiger partial charge is 0.352 e. The minimum Gasteiger partial charge on any atom is -0.352 e. The Labute approximate surface area is 118 Å². The van der Waals surface area contributed by atoms with Crippen molar-refractivity contribution < 1.29 is 4.79 Å². The maximum Gasteiger partial charge on any atom is 0.261 e. The Morgan fingerprint density at radius 1 is 1.47 bits per heavy atom. The number of hydrogen-bond acceptors (Lipinski definition) is 3. The Morgan fingerprint density at radius 2 is 2.21 bits per heavy atom. The van der Waals surface area contributed by atoms with Gasteiger partial charge in [0.2, 0.25) is 5.91 Å². The smallest absolute Gasteiger partial charge is 0.261 e. The Bertz CT molecular complexity index is 679. The van der Waals surface area contributed by atoms with Gasteiger partial charge in [0, 0.05) is 10.5 Å². The van der Waals surface area contributed by atoms with Gasteiger partial charge in [-0.1, -0.05) is 15.9 Å². The van der Waals surface area contributed by atoms with Crippen LogP contribution >= 0.6 is 15.9 Å². The van der Waals surface area contributed by atoms with Gasteiger partial charge >= 0.3 is 0 Å². The Hall–Kier alpha value is -1.69. The van der Waals surface area contributed by atoms with E-state index in [1.54, 1.807) is 12.1 Å². The number of carbonyl (C=O) groups excluding carboxylic acids is 1. The van der Waals surface area contributed by atoms with Crippen LogP contribution in [-0.2, 0) is 11.3 Å². The summed E-state index contributed by atoms with van der Waals surface area (Å²) >= 11 is 3.32. The summed E-state index contributed by atoms with van der Waals surface area (Å²) in [7, 11) is 0. The highest BCUT2D eigenvalue weighted by atomic mass is 79.9. The van der Waals surface area contributed by atoms with E-state index in [4.69, 9.17) is 0 Å². The summed E-state index contributed by atoms with van der Waals surface area (Å²) in [5.74, 6) is -0.201. The van der Waals surface area contributed by atoms with Crippen molar-refractivity contribution in [3.63, 3.8) is 0 Å². The van der Waals surface area contributed by atoms with E-state index in [1.807, 2.05) is 19.9 Å². The monoisotopic (exact) mass is 323 g/mol. The van der Waals surface area contributed by atoms with Crippen LogP contribution in [0.25, 0.3) is 10.9 Å². The number of halogens is 1. The molecule has 0 atom stereocenters. The summed E-state index contributed by atoms with van der Waals surface area (Å²) in [6.45, 7) is 3.72. The van der Waals surface area contributed by atoms with Crippen molar-refractivity contribution in [2.75, 3.05) is 0 Å². The number of fused-ring (bicyclic) bond motifs is 1. The van der Waals surface area contributed by atoms with E-state index in [1.165, 1.54) is 10.9 Å². The van der Waals surface area contributed by atoms with E-state index in [2.05, 4.69) is 26.2 Å². The summed E-state index contributed by atoms with van der Waals surface area (Å²) in [4.78, 5) is 28.1. The molecule has 100 valence electrons. The van der Waals surface area contributed by atoms with Crippen LogP contribution < -0.4 is 10.9 Å². The lowest BCUT2D eigenvalue weighted by Crippen LogP contribution is -2.36. The average molecular weight is 324 g/mol. The first-order valence-electron chi connectivity index (χ1n) is 5.91. The lowest BCUT2D eigenvalue weighted by atomic mass is 10.2. The molecule has 19 heavy (non-hydrogen) atoms. The van der Waals surface area contributed by atoms with E-state index in [0.717, 1.165) is 4.47 Å². The molecule has 1 aromatic carbocycles. The molecule has 0 spiro atoms. The van der Waals surface area contributed by atoms with Crippen LogP contribution in [0.3, 0.4) is 0 Å². The molecule has 0 saturated carbocycles. The van der Waals surface area contributed by atoms with Gasteiger partial charge in [-0.25, -0.2) is 4.98 Å². The minimum absolute atomic E-state index is 0.0214. The van der Waals surface area contributed by atoms with Gasteiger partial charge in [-0.3, -0.25) is 14.2 Å². The molecule has 6 heteroatoms. The first-order chi connectivity index (χ1) is 8.97. The first-order valence-corrected chi connectivity index (χ1v) is 6.71. The van der Waals surface area contributed by atoms with E-state index in [0.29, 0.717) is 10.9 Å². The van der Waals surface area contributed by atoms with Crippen LogP contribution in [0.2, 0.25) is 0 Å². The number of rotatable bonds is 3. The van der Waals surface area contributed by atoms with Crippen molar-refractivity contribution in [1.82, 2.24) is 14.9 Å². The number of amides is 1. The Morgan fingerprint density at radius 3 is 2.89 bits per heavy atom.